The molecular formula is C26H30N2O4. The molecule has 32 heavy (non-hydrogen) atoms. The summed E-state index contributed by atoms with van der Waals surface area (Å²) >= 11 is 0. The van der Waals surface area contributed by atoms with Crippen LogP contribution in [0, 0.1) is 6.92 Å². The zero-order valence-electron chi connectivity index (χ0n) is 19.1. The van der Waals surface area contributed by atoms with Gasteiger partial charge in [-0.2, -0.15) is 0 Å². The number of hydrogen-bond acceptors (Lipinski definition) is 5. The first-order chi connectivity index (χ1) is 15.5. The van der Waals surface area contributed by atoms with Gasteiger partial charge in [-0.1, -0.05) is 19.1 Å². The van der Waals surface area contributed by atoms with E-state index in [4.69, 9.17) is 14.2 Å². The molecule has 1 aromatic heterocycles. The summed E-state index contributed by atoms with van der Waals surface area (Å²) in [6.07, 6.45) is 1.79. The number of methoxy groups -OCH3 is 1. The van der Waals surface area contributed by atoms with Crippen LogP contribution in [0.25, 0.3) is 0 Å². The van der Waals surface area contributed by atoms with Crippen LogP contribution in [0.2, 0.25) is 0 Å². The molecule has 1 atom stereocenters. The number of anilines is 1. The number of ether oxygens (including phenoxy) is 3. The number of nitrogens with zero attached hydrogens (tertiary/aromatic N) is 1. The SMILES string of the molecule is CCCOC(C)Cc1ccc(C(=O)Nc2cccc(Oc3cccc(OC)c3)c2)c(C)n1. The Labute approximate surface area is 189 Å². The van der Waals surface area contributed by atoms with E-state index >= 15 is 0 Å². The van der Waals surface area contributed by atoms with Crippen LogP contribution in [0.15, 0.2) is 60.7 Å². The van der Waals surface area contributed by atoms with Crippen molar-refractivity contribution in [1.82, 2.24) is 4.98 Å². The predicted molar refractivity (Wildman–Crippen MR) is 126 cm³/mol. The quantitative estimate of drug-likeness (QED) is 0.437. The van der Waals surface area contributed by atoms with Gasteiger partial charge in [0.25, 0.3) is 5.91 Å². The van der Waals surface area contributed by atoms with Crippen molar-refractivity contribution in [2.45, 2.75) is 39.7 Å². The maximum Gasteiger partial charge on any atom is 0.257 e. The summed E-state index contributed by atoms with van der Waals surface area (Å²) in [6, 6.07) is 18.3. The minimum Gasteiger partial charge on any atom is -0.497 e. The van der Waals surface area contributed by atoms with Crippen molar-refractivity contribution in [2.24, 2.45) is 0 Å². The van der Waals surface area contributed by atoms with Gasteiger partial charge in [0, 0.05) is 36.5 Å². The average Bonchev–Trinajstić information content (AvgIpc) is 2.78. The highest BCUT2D eigenvalue weighted by atomic mass is 16.5. The van der Waals surface area contributed by atoms with Crippen LogP contribution in [0.5, 0.6) is 17.2 Å². The summed E-state index contributed by atoms with van der Waals surface area (Å²) in [4.78, 5) is 17.4. The number of rotatable bonds is 10. The molecule has 0 radical (unpaired) electrons. The lowest BCUT2D eigenvalue weighted by Crippen LogP contribution is -2.16. The molecule has 1 N–H and O–H groups in total. The van der Waals surface area contributed by atoms with Crippen molar-refractivity contribution in [3.05, 3.63) is 77.6 Å². The Morgan fingerprint density at radius 2 is 1.75 bits per heavy atom. The molecule has 0 aliphatic carbocycles. The number of pyridine rings is 1. The molecule has 0 aliphatic heterocycles. The first-order valence-corrected chi connectivity index (χ1v) is 10.8. The van der Waals surface area contributed by atoms with Gasteiger partial charge >= 0.3 is 0 Å². The maximum atomic E-state index is 12.8. The fraction of sp³-hybridized carbons (Fsp3) is 0.308. The molecule has 3 rings (SSSR count). The zero-order valence-corrected chi connectivity index (χ0v) is 19.1. The lowest BCUT2D eigenvalue weighted by atomic mass is 10.1. The van der Waals surface area contributed by atoms with Crippen LogP contribution in [0.1, 0.15) is 42.0 Å². The Kier molecular flexibility index (Phi) is 8.22. The normalized spacial score (nSPS) is 11.6. The van der Waals surface area contributed by atoms with E-state index in [0.29, 0.717) is 40.6 Å². The van der Waals surface area contributed by atoms with Gasteiger partial charge < -0.3 is 19.5 Å². The van der Waals surface area contributed by atoms with Gasteiger partial charge in [-0.15, -0.1) is 0 Å². The Bertz CT molecular complexity index is 1050. The van der Waals surface area contributed by atoms with Crippen molar-refractivity contribution in [3.63, 3.8) is 0 Å². The smallest absolute Gasteiger partial charge is 0.257 e. The van der Waals surface area contributed by atoms with E-state index in [9.17, 15) is 4.79 Å². The van der Waals surface area contributed by atoms with E-state index in [1.807, 2.05) is 62.4 Å². The minimum absolute atomic E-state index is 0.0915. The molecule has 0 aliphatic rings. The second-order valence-electron chi connectivity index (χ2n) is 7.58. The van der Waals surface area contributed by atoms with E-state index < -0.39 is 0 Å². The lowest BCUT2D eigenvalue weighted by molar-refractivity contribution is 0.0663. The largest absolute Gasteiger partial charge is 0.497 e. The second-order valence-corrected chi connectivity index (χ2v) is 7.58. The molecule has 0 saturated carbocycles. The zero-order chi connectivity index (χ0) is 22.9. The first kappa shape index (κ1) is 23.3. The van der Waals surface area contributed by atoms with E-state index in [-0.39, 0.29) is 12.0 Å². The highest BCUT2D eigenvalue weighted by Crippen LogP contribution is 2.27. The van der Waals surface area contributed by atoms with Crippen LogP contribution in [-0.2, 0) is 11.2 Å². The van der Waals surface area contributed by atoms with Gasteiger partial charge in [-0.05, 0) is 56.7 Å². The molecular weight excluding hydrogens is 404 g/mol. The van der Waals surface area contributed by atoms with Crippen molar-refractivity contribution in [3.8, 4) is 17.2 Å². The van der Waals surface area contributed by atoms with Crippen molar-refractivity contribution >= 4 is 11.6 Å². The third-order valence-corrected chi connectivity index (χ3v) is 4.86. The van der Waals surface area contributed by atoms with Crippen molar-refractivity contribution < 1.29 is 19.0 Å². The lowest BCUT2D eigenvalue weighted by Gasteiger charge is -2.14. The van der Waals surface area contributed by atoms with Gasteiger partial charge in [-0.3, -0.25) is 9.78 Å². The van der Waals surface area contributed by atoms with Crippen LogP contribution in [0.3, 0.4) is 0 Å². The van der Waals surface area contributed by atoms with Crippen LogP contribution in [0.4, 0.5) is 5.69 Å². The summed E-state index contributed by atoms with van der Waals surface area (Å²) in [5, 5.41) is 2.93. The molecule has 3 aromatic rings. The van der Waals surface area contributed by atoms with E-state index in [1.165, 1.54) is 0 Å². The molecule has 6 heteroatoms. The molecule has 1 heterocycles. The van der Waals surface area contributed by atoms with Crippen LogP contribution < -0.4 is 14.8 Å². The van der Waals surface area contributed by atoms with Gasteiger partial charge in [0.15, 0.2) is 0 Å². The summed E-state index contributed by atoms with van der Waals surface area (Å²) in [5.41, 5.74) is 2.78. The Hall–Kier alpha value is -3.38. The van der Waals surface area contributed by atoms with Crippen LogP contribution >= 0.6 is 0 Å². The van der Waals surface area contributed by atoms with E-state index in [1.54, 1.807) is 19.2 Å². The number of nitrogens with one attached hydrogen (secondary N) is 1. The topological polar surface area (TPSA) is 69.7 Å². The predicted octanol–water partition coefficient (Wildman–Crippen LogP) is 5.80. The third-order valence-electron chi connectivity index (χ3n) is 4.86. The molecule has 1 unspecified atom stereocenters. The highest BCUT2D eigenvalue weighted by Gasteiger charge is 2.13. The van der Waals surface area contributed by atoms with Gasteiger partial charge in [0.05, 0.1) is 24.5 Å². The van der Waals surface area contributed by atoms with Gasteiger partial charge in [-0.25, -0.2) is 0 Å². The number of benzene rings is 2. The molecule has 2 aromatic carbocycles. The molecule has 1 amide bonds. The number of amides is 1. The van der Waals surface area contributed by atoms with E-state index in [2.05, 4.69) is 17.2 Å². The monoisotopic (exact) mass is 434 g/mol. The second kappa shape index (κ2) is 11.3. The standard InChI is InChI=1S/C26H30N2O4/c1-5-14-31-18(2)15-21-12-13-25(19(3)27-21)26(29)28-20-8-6-10-23(16-20)32-24-11-7-9-22(17-24)30-4/h6-13,16-18H,5,14-15H2,1-4H3,(H,28,29). The van der Waals surface area contributed by atoms with Crippen LogP contribution in [-0.4, -0.2) is 30.7 Å². The number of carbonyl (C=O) groups is 1. The minimum atomic E-state index is -0.213. The number of hydrogen-bond donors (Lipinski definition) is 1. The number of aryl methyl sites for hydroxylation is 1. The van der Waals surface area contributed by atoms with Crippen molar-refractivity contribution in [1.29, 1.82) is 0 Å². The fourth-order valence-corrected chi connectivity index (χ4v) is 3.28. The van der Waals surface area contributed by atoms with Gasteiger partial charge in [0.2, 0.25) is 0 Å². The Balaban J connectivity index is 1.66. The molecule has 0 bridgehead atoms. The van der Waals surface area contributed by atoms with E-state index in [0.717, 1.165) is 18.7 Å². The molecule has 0 saturated heterocycles. The first-order valence-electron chi connectivity index (χ1n) is 10.8. The summed E-state index contributed by atoms with van der Waals surface area (Å²) in [5.74, 6) is 1.77. The average molecular weight is 435 g/mol. The van der Waals surface area contributed by atoms with Gasteiger partial charge in [0.1, 0.15) is 17.2 Å². The molecule has 168 valence electrons. The third kappa shape index (κ3) is 6.56. The molecule has 0 spiro atoms. The van der Waals surface area contributed by atoms with Crippen molar-refractivity contribution in [2.75, 3.05) is 19.0 Å². The number of carbonyl (C=O) groups excluding carboxylic acids is 1. The summed E-state index contributed by atoms with van der Waals surface area (Å²) in [7, 11) is 1.61. The Morgan fingerprint density at radius 1 is 1.03 bits per heavy atom. The highest BCUT2D eigenvalue weighted by molar-refractivity contribution is 6.05. The number of aromatic nitrogens is 1. The summed E-state index contributed by atoms with van der Waals surface area (Å²) < 4.78 is 16.8. The fourth-order valence-electron chi connectivity index (χ4n) is 3.28. The molecule has 6 nitrogen and oxygen atoms in total. The summed E-state index contributed by atoms with van der Waals surface area (Å²) in [6.45, 7) is 6.70. The molecule has 0 fully saturated rings. The Morgan fingerprint density at radius 3 is 2.47 bits per heavy atom. The maximum absolute atomic E-state index is 12.8.